The fourth-order valence-electron chi connectivity index (χ4n) is 1.58. The van der Waals surface area contributed by atoms with Crippen molar-refractivity contribution in [2.45, 2.75) is 6.54 Å². The van der Waals surface area contributed by atoms with Crippen molar-refractivity contribution in [2.75, 3.05) is 12.4 Å². The number of H-pyrrole nitrogens is 1. The van der Waals surface area contributed by atoms with Crippen LogP contribution in [0, 0.1) is 0 Å². The molecule has 1 heterocycles. The number of methoxy groups -OCH3 is 1. The van der Waals surface area contributed by atoms with E-state index in [1.807, 2.05) is 30.5 Å². The third-order valence-corrected chi connectivity index (χ3v) is 3.04. The number of ether oxygens (including phenoxy) is 1. The maximum absolute atomic E-state index is 9.93. The number of pyridine rings is 1. The summed E-state index contributed by atoms with van der Waals surface area (Å²) in [5.41, 5.74) is 0.783. The second kappa shape index (κ2) is 5.73. The zero-order chi connectivity index (χ0) is 13.0. The molecule has 18 heavy (non-hydrogen) atoms. The Balaban J connectivity index is 2.08. The highest BCUT2D eigenvalue weighted by molar-refractivity contribution is 9.10. The maximum Gasteiger partial charge on any atom is 0.272 e. The Morgan fingerprint density at radius 2 is 2.17 bits per heavy atom. The summed E-state index contributed by atoms with van der Waals surface area (Å²) < 4.78 is 6.05. The number of phenolic OH excluding ortho intramolecular Hbond substituents is 1. The zero-order valence-electron chi connectivity index (χ0n) is 9.90. The topological polar surface area (TPSA) is 55.6 Å². The summed E-state index contributed by atoms with van der Waals surface area (Å²) in [6.45, 7) is 0.515. The molecule has 0 atom stereocenters. The number of para-hydroxylation sites is 1. The molecule has 0 aliphatic heterocycles. The summed E-state index contributed by atoms with van der Waals surface area (Å²) in [5, 5.41) is 13.1. The van der Waals surface area contributed by atoms with Gasteiger partial charge in [0.2, 0.25) is 0 Å². The second-order valence-electron chi connectivity index (χ2n) is 3.74. The molecule has 0 saturated carbocycles. The smallest absolute Gasteiger partial charge is 0.272 e. The molecule has 0 bridgehead atoms. The molecule has 2 aromatic rings. The van der Waals surface area contributed by atoms with Crippen LogP contribution >= 0.6 is 15.9 Å². The van der Waals surface area contributed by atoms with E-state index in [1.165, 1.54) is 7.11 Å². The molecule has 2 rings (SSSR count). The lowest BCUT2D eigenvalue weighted by Crippen LogP contribution is -2.12. The van der Waals surface area contributed by atoms with Crippen molar-refractivity contribution in [3.63, 3.8) is 0 Å². The average molecular weight is 310 g/mol. The van der Waals surface area contributed by atoms with Crippen LogP contribution < -0.4 is 15.0 Å². The second-order valence-corrected chi connectivity index (χ2v) is 4.66. The first-order valence-electron chi connectivity index (χ1n) is 5.46. The van der Waals surface area contributed by atoms with Crippen LogP contribution in [0.1, 0.15) is 5.56 Å². The molecule has 0 spiro atoms. The molecule has 0 unspecified atom stereocenters. The van der Waals surface area contributed by atoms with Crippen molar-refractivity contribution < 1.29 is 14.8 Å². The van der Waals surface area contributed by atoms with Crippen LogP contribution in [0.4, 0.5) is 5.82 Å². The molecule has 0 aliphatic rings. The average Bonchev–Trinajstić information content (AvgIpc) is 2.39. The Morgan fingerprint density at radius 3 is 2.83 bits per heavy atom. The number of hydrogen-bond donors (Lipinski definition) is 2. The third-order valence-electron chi connectivity index (χ3n) is 2.55. The van der Waals surface area contributed by atoms with E-state index in [4.69, 9.17) is 4.74 Å². The number of aromatic hydroxyl groups is 1. The number of anilines is 1. The van der Waals surface area contributed by atoms with Crippen LogP contribution in [0.5, 0.6) is 11.5 Å². The fourth-order valence-corrected chi connectivity index (χ4v) is 1.83. The summed E-state index contributed by atoms with van der Waals surface area (Å²) in [6.07, 6.45) is 1.84. The highest BCUT2D eigenvalue weighted by atomic mass is 79.9. The van der Waals surface area contributed by atoms with Gasteiger partial charge in [0.1, 0.15) is 12.7 Å². The maximum atomic E-state index is 9.93. The van der Waals surface area contributed by atoms with E-state index in [-0.39, 0.29) is 5.75 Å². The number of aromatic amines is 1. The highest BCUT2D eigenvalue weighted by Crippen LogP contribution is 2.29. The molecule has 1 aromatic heterocycles. The van der Waals surface area contributed by atoms with Crippen molar-refractivity contribution in [3.05, 3.63) is 46.6 Å². The van der Waals surface area contributed by atoms with Gasteiger partial charge in [-0.1, -0.05) is 12.1 Å². The fraction of sp³-hybridized carbons (Fsp3) is 0.154. The van der Waals surface area contributed by atoms with E-state index in [0.717, 1.165) is 15.9 Å². The van der Waals surface area contributed by atoms with E-state index in [1.54, 1.807) is 6.07 Å². The van der Waals surface area contributed by atoms with Crippen molar-refractivity contribution in [2.24, 2.45) is 0 Å². The van der Waals surface area contributed by atoms with Crippen LogP contribution in [-0.4, -0.2) is 12.2 Å². The van der Waals surface area contributed by atoms with E-state index < -0.39 is 0 Å². The predicted octanol–water partition coefficient (Wildman–Crippen LogP) is 2.59. The molecule has 94 valence electrons. The van der Waals surface area contributed by atoms with E-state index in [2.05, 4.69) is 26.2 Å². The molecule has 1 aromatic carbocycles. The lowest BCUT2D eigenvalue weighted by Gasteiger charge is -2.07. The Labute approximate surface area is 114 Å². The molecular weight excluding hydrogens is 296 g/mol. The Hall–Kier alpha value is -1.75. The normalized spacial score (nSPS) is 10.1. The van der Waals surface area contributed by atoms with Gasteiger partial charge in [0, 0.05) is 11.6 Å². The van der Waals surface area contributed by atoms with Gasteiger partial charge in [-0.3, -0.25) is 5.32 Å². The summed E-state index contributed by atoms with van der Waals surface area (Å²) in [4.78, 5) is 3.08. The minimum Gasteiger partial charge on any atom is -0.504 e. The van der Waals surface area contributed by atoms with Gasteiger partial charge in [0.05, 0.1) is 11.6 Å². The number of nitrogens with one attached hydrogen (secondary N) is 2. The molecule has 4 nitrogen and oxygen atoms in total. The first-order chi connectivity index (χ1) is 8.70. The van der Waals surface area contributed by atoms with Gasteiger partial charge < -0.3 is 9.84 Å². The van der Waals surface area contributed by atoms with Gasteiger partial charge in [0.25, 0.3) is 5.82 Å². The van der Waals surface area contributed by atoms with Crippen LogP contribution in [0.2, 0.25) is 0 Å². The van der Waals surface area contributed by atoms with Gasteiger partial charge in [-0.15, -0.1) is 0 Å². The summed E-state index contributed by atoms with van der Waals surface area (Å²) in [7, 11) is 1.54. The Morgan fingerprint density at radius 1 is 1.33 bits per heavy atom. The number of aromatic nitrogens is 1. The van der Waals surface area contributed by atoms with Gasteiger partial charge >= 0.3 is 0 Å². The third kappa shape index (κ3) is 2.92. The lowest BCUT2D eigenvalue weighted by molar-refractivity contribution is -0.362. The Bertz CT molecular complexity index is 529. The van der Waals surface area contributed by atoms with Gasteiger partial charge in [-0.2, -0.15) is 0 Å². The van der Waals surface area contributed by atoms with Crippen LogP contribution in [0.25, 0.3) is 0 Å². The number of halogens is 1. The number of benzene rings is 1. The van der Waals surface area contributed by atoms with Gasteiger partial charge in [-0.25, -0.2) is 4.98 Å². The standard InChI is InChI=1S/C13H13BrN2O2/c1-18-11-4-2-3-9(13(11)17)7-15-12-6-5-10(14)8-16-12/h2-6,8,17H,7H2,1H3,(H,15,16)/p+1. The number of phenols is 1. The molecule has 0 aliphatic carbocycles. The van der Waals surface area contributed by atoms with Crippen LogP contribution in [-0.2, 0) is 6.54 Å². The van der Waals surface area contributed by atoms with E-state index in [0.29, 0.717) is 12.3 Å². The SMILES string of the molecule is COc1cccc(CNc2ccc(Br)c[nH+]2)c1O. The quantitative estimate of drug-likeness (QED) is 0.912. The summed E-state index contributed by atoms with van der Waals surface area (Å²) >= 11 is 3.36. The first kappa shape index (κ1) is 12.7. The van der Waals surface area contributed by atoms with Crippen LogP contribution in [0.15, 0.2) is 41.0 Å². The predicted molar refractivity (Wildman–Crippen MR) is 72.7 cm³/mol. The molecular formula is C13H14BrN2O2+. The zero-order valence-corrected chi connectivity index (χ0v) is 11.5. The molecule has 0 radical (unpaired) electrons. The van der Waals surface area contributed by atoms with E-state index >= 15 is 0 Å². The van der Waals surface area contributed by atoms with Crippen molar-refractivity contribution in [1.82, 2.24) is 0 Å². The monoisotopic (exact) mass is 309 g/mol. The summed E-state index contributed by atoms with van der Waals surface area (Å²) in [5.74, 6) is 1.53. The molecule has 0 amide bonds. The number of hydrogen-bond acceptors (Lipinski definition) is 3. The minimum atomic E-state index is 0.171. The Kier molecular flexibility index (Phi) is 4.04. The molecule has 0 saturated heterocycles. The summed E-state index contributed by atoms with van der Waals surface area (Å²) in [6, 6.07) is 9.28. The number of rotatable bonds is 4. The van der Waals surface area contributed by atoms with E-state index in [9.17, 15) is 5.11 Å². The van der Waals surface area contributed by atoms with Crippen molar-refractivity contribution >= 4 is 21.7 Å². The molecule has 0 fully saturated rings. The van der Waals surface area contributed by atoms with Crippen molar-refractivity contribution in [1.29, 1.82) is 0 Å². The minimum absolute atomic E-state index is 0.171. The molecule has 5 heteroatoms. The first-order valence-corrected chi connectivity index (χ1v) is 6.26. The van der Waals surface area contributed by atoms with Gasteiger partial charge in [-0.05, 0) is 28.1 Å². The van der Waals surface area contributed by atoms with Crippen molar-refractivity contribution in [3.8, 4) is 11.5 Å². The lowest BCUT2D eigenvalue weighted by atomic mass is 10.2. The molecule has 3 N–H and O–H groups in total. The largest absolute Gasteiger partial charge is 0.504 e. The highest BCUT2D eigenvalue weighted by Gasteiger charge is 2.09. The van der Waals surface area contributed by atoms with Gasteiger partial charge in [0.15, 0.2) is 11.5 Å². The van der Waals surface area contributed by atoms with Crippen LogP contribution in [0.3, 0.4) is 0 Å².